The second-order valence-corrected chi connectivity index (χ2v) is 6.28. The molecule has 1 aromatic heterocycles. The third-order valence-corrected chi connectivity index (χ3v) is 4.57. The maximum atomic E-state index is 12.5. The Balaban J connectivity index is 1.85. The fourth-order valence-corrected chi connectivity index (χ4v) is 2.85. The Bertz CT molecular complexity index is 1100. The quantitative estimate of drug-likeness (QED) is 0.536. The zero-order valence-electron chi connectivity index (χ0n) is 14.7. The highest BCUT2D eigenvalue weighted by atomic mass is 35.5. The minimum absolute atomic E-state index is 0.0759. The van der Waals surface area contributed by atoms with Gasteiger partial charge in [-0.15, -0.1) is 0 Å². The number of Topliss-reactive ketones (excluding diaryl/α,β-unsaturated/α-hetero) is 1. The number of rotatable bonds is 5. The lowest BCUT2D eigenvalue weighted by Crippen LogP contribution is -2.17. The summed E-state index contributed by atoms with van der Waals surface area (Å²) in [5, 5.41) is 0.965. The highest BCUT2D eigenvalue weighted by Crippen LogP contribution is 2.25. The number of aromatic nitrogens is 1. The molecule has 7 heteroatoms. The number of ketones is 1. The van der Waals surface area contributed by atoms with Gasteiger partial charge in [0.15, 0.2) is 12.4 Å². The Morgan fingerprint density at radius 1 is 1.15 bits per heavy atom. The summed E-state index contributed by atoms with van der Waals surface area (Å²) in [6.07, 6.45) is 0. The van der Waals surface area contributed by atoms with Gasteiger partial charge in [0, 0.05) is 22.0 Å². The van der Waals surface area contributed by atoms with Gasteiger partial charge < -0.3 is 14.5 Å². The van der Waals surface area contributed by atoms with Crippen LogP contribution >= 0.6 is 11.6 Å². The largest absolute Gasteiger partial charge is 0.497 e. The summed E-state index contributed by atoms with van der Waals surface area (Å²) in [5.41, 5.74) is 1.08. The average Bonchev–Trinajstić information content (AvgIpc) is 2.68. The van der Waals surface area contributed by atoms with E-state index in [4.69, 9.17) is 21.1 Å². The molecular weight excluding hydrogens is 370 g/mol. The molecule has 1 N–H and O–H groups in total. The number of aryl methyl sites for hydroxylation is 1. The standard InChI is InChI=1S/C20H16ClNO5/c1-11-16(21)7-6-14-15(9-18(24)22-19(11)14)20(25)27-10-17(23)12-4-3-5-13(8-12)26-2/h3-9H,10H2,1-2H3,(H,22,24). The predicted molar refractivity (Wildman–Crippen MR) is 102 cm³/mol. The number of carbonyl (C=O) groups is 2. The molecule has 6 nitrogen and oxygen atoms in total. The number of esters is 1. The molecule has 0 spiro atoms. The van der Waals surface area contributed by atoms with Crippen molar-refractivity contribution in [2.24, 2.45) is 0 Å². The van der Waals surface area contributed by atoms with Crippen LogP contribution in [-0.2, 0) is 4.74 Å². The van der Waals surface area contributed by atoms with E-state index in [1.807, 2.05) is 0 Å². The maximum Gasteiger partial charge on any atom is 0.339 e. The van der Waals surface area contributed by atoms with Gasteiger partial charge in [0.05, 0.1) is 18.2 Å². The molecule has 0 aliphatic rings. The van der Waals surface area contributed by atoms with Crippen LogP contribution in [0.5, 0.6) is 5.75 Å². The van der Waals surface area contributed by atoms with E-state index in [9.17, 15) is 14.4 Å². The number of nitrogens with one attached hydrogen (secondary N) is 1. The first kappa shape index (κ1) is 18.7. The third kappa shape index (κ3) is 3.85. The Morgan fingerprint density at radius 2 is 1.93 bits per heavy atom. The molecule has 2 aromatic carbocycles. The van der Waals surface area contributed by atoms with Gasteiger partial charge in [-0.05, 0) is 30.7 Å². The lowest BCUT2D eigenvalue weighted by molar-refractivity contribution is 0.0476. The van der Waals surface area contributed by atoms with Crippen LogP contribution in [0.4, 0.5) is 0 Å². The number of halogens is 1. The second kappa shape index (κ2) is 7.63. The molecule has 0 aliphatic carbocycles. The second-order valence-electron chi connectivity index (χ2n) is 5.87. The van der Waals surface area contributed by atoms with E-state index in [0.717, 1.165) is 6.07 Å². The van der Waals surface area contributed by atoms with Gasteiger partial charge in [0.2, 0.25) is 5.56 Å². The molecule has 3 aromatic rings. The number of hydrogen-bond donors (Lipinski definition) is 1. The number of fused-ring (bicyclic) bond motifs is 1. The fourth-order valence-electron chi connectivity index (χ4n) is 2.70. The normalized spacial score (nSPS) is 10.6. The van der Waals surface area contributed by atoms with E-state index in [1.165, 1.54) is 7.11 Å². The summed E-state index contributed by atoms with van der Waals surface area (Å²) in [4.78, 5) is 39.3. The van der Waals surface area contributed by atoms with Crippen molar-refractivity contribution in [1.29, 1.82) is 0 Å². The highest BCUT2D eigenvalue weighted by molar-refractivity contribution is 6.32. The van der Waals surface area contributed by atoms with Crippen molar-refractivity contribution in [3.8, 4) is 5.75 Å². The topological polar surface area (TPSA) is 85.5 Å². The molecule has 138 valence electrons. The van der Waals surface area contributed by atoms with Gasteiger partial charge in [-0.1, -0.05) is 29.8 Å². The minimum Gasteiger partial charge on any atom is -0.497 e. The Morgan fingerprint density at radius 3 is 2.67 bits per heavy atom. The van der Waals surface area contributed by atoms with E-state index in [2.05, 4.69) is 4.98 Å². The van der Waals surface area contributed by atoms with Crippen LogP contribution in [-0.4, -0.2) is 30.5 Å². The molecule has 3 rings (SSSR count). The predicted octanol–water partition coefficient (Wildman–Crippen LogP) is 3.54. The lowest BCUT2D eigenvalue weighted by Gasteiger charge is -2.09. The molecule has 0 bridgehead atoms. The summed E-state index contributed by atoms with van der Waals surface area (Å²) in [6.45, 7) is 1.29. The molecule has 27 heavy (non-hydrogen) atoms. The van der Waals surface area contributed by atoms with E-state index in [-0.39, 0.29) is 11.3 Å². The Hall–Kier alpha value is -3.12. The van der Waals surface area contributed by atoms with Crippen molar-refractivity contribution in [2.75, 3.05) is 13.7 Å². The molecule has 0 amide bonds. The first-order chi connectivity index (χ1) is 12.9. The van der Waals surface area contributed by atoms with Crippen molar-refractivity contribution in [1.82, 2.24) is 4.98 Å². The van der Waals surface area contributed by atoms with Gasteiger partial charge in [-0.25, -0.2) is 4.79 Å². The van der Waals surface area contributed by atoms with Crippen molar-refractivity contribution < 1.29 is 19.1 Å². The molecule has 0 saturated carbocycles. The first-order valence-corrected chi connectivity index (χ1v) is 8.45. The number of benzene rings is 2. The molecular formula is C20H16ClNO5. The maximum absolute atomic E-state index is 12.5. The summed E-state index contributed by atoms with van der Waals surface area (Å²) in [6, 6.07) is 10.9. The van der Waals surface area contributed by atoms with Crippen LogP contribution in [0, 0.1) is 6.92 Å². The summed E-state index contributed by atoms with van der Waals surface area (Å²) >= 11 is 6.07. The van der Waals surface area contributed by atoms with E-state index < -0.39 is 18.1 Å². The van der Waals surface area contributed by atoms with Crippen molar-refractivity contribution in [3.63, 3.8) is 0 Å². The SMILES string of the molecule is COc1cccc(C(=O)COC(=O)c2cc(=O)[nH]c3c(C)c(Cl)ccc23)c1. The Labute approximate surface area is 159 Å². The van der Waals surface area contributed by atoms with Crippen molar-refractivity contribution in [3.05, 3.63) is 74.5 Å². The van der Waals surface area contributed by atoms with Crippen molar-refractivity contribution >= 4 is 34.3 Å². The molecule has 1 heterocycles. The Kier molecular flexibility index (Phi) is 5.28. The number of carbonyl (C=O) groups excluding carboxylic acids is 2. The molecule has 0 aliphatic heterocycles. The number of methoxy groups -OCH3 is 1. The fraction of sp³-hybridized carbons (Fsp3) is 0.150. The number of hydrogen-bond acceptors (Lipinski definition) is 5. The van der Waals surface area contributed by atoms with Crippen LogP contribution in [0.3, 0.4) is 0 Å². The lowest BCUT2D eigenvalue weighted by atomic mass is 10.1. The van der Waals surface area contributed by atoms with Gasteiger partial charge >= 0.3 is 5.97 Å². The molecule has 0 radical (unpaired) electrons. The first-order valence-electron chi connectivity index (χ1n) is 8.07. The van der Waals surface area contributed by atoms with Gasteiger partial charge in [-0.2, -0.15) is 0 Å². The zero-order chi connectivity index (χ0) is 19.6. The molecule has 0 atom stereocenters. The molecule has 0 fully saturated rings. The van der Waals surface area contributed by atoms with Crippen LogP contribution < -0.4 is 10.3 Å². The van der Waals surface area contributed by atoms with E-state index in [1.54, 1.807) is 43.3 Å². The summed E-state index contributed by atoms with van der Waals surface area (Å²) in [7, 11) is 1.50. The smallest absolute Gasteiger partial charge is 0.339 e. The van der Waals surface area contributed by atoms with Crippen LogP contribution in [0.25, 0.3) is 10.9 Å². The summed E-state index contributed by atoms with van der Waals surface area (Å²) in [5.74, 6) is -0.611. The van der Waals surface area contributed by atoms with Gasteiger partial charge in [0.1, 0.15) is 5.75 Å². The zero-order valence-corrected chi connectivity index (χ0v) is 15.4. The number of ether oxygens (including phenoxy) is 2. The van der Waals surface area contributed by atoms with Gasteiger partial charge in [0.25, 0.3) is 0 Å². The van der Waals surface area contributed by atoms with Crippen LogP contribution in [0.1, 0.15) is 26.3 Å². The average molecular weight is 386 g/mol. The van der Waals surface area contributed by atoms with Crippen LogP contribution in [0.15, 0.2) is 47.3 Å². The van der Waals surface area contributed by atoms with Crippen LogP contribution in [0.2, 0.25) is 5.02 Å². The number of pyridine rings is 1. The monoisotopic (exact) mass is 385 g/mol. The van der Waals surface area contributed by atoms with Crippen molar-refractivity contribution in [2.45, 2.75) is 6.92 Å². The summed E-state index contributed by atoms with van der Waals surface area (Å²) < 4.78 is 10.2. The molecule has 0 saturated heterocycles. The van der Waals surface area contributed by atoms with E-state index >= 15 is 0 Å². The third-order valence-electron chi connectivity index (χ3n) is 4.16. The molecule has 0 unspecified atom stereocenters. The van der Waals surface area contributed by atoms with Gasteiger partial charge in [-0.3, -0.25) is 9.59 Å². The minimum atomic E-state index is -0.760. The number of aromatic amines is 1. The number of H-pyrrole nitrogens is 1. The van der Waals surface area contributed by atoms with E-state index in [0.29, 0.717) is 32.8 Å². The highest BCUT2D eigenvalue weighted by Gasteiger charge is 2.17.